The van der Waals surface area contributed by atoms with Gasteiger partial charge < -0.3 is 47.7 Å². The third-order valence-electron chi connectivity index (χ3n) is 25.4. The van der Waals surface area contributed by atoms with Crippen molar-refractivity contribution < 1.29 is 52.1 Å². The number of carbonyl (C=O) groups excluding carboxylic acids is 6. The Morgan fingerprint density at radius 1 is 0.471 bits per heavy atom. The summed E-state index contributed by atoms with van der Waals surface area (Å²) in [6.45, 7) is 26.6. The lowest BCUT2D eigenvalue weighted by Crippen LogP contribution is -2.40. The minimum Gasteiger partial charge on any atom is -0.460 e. The lowest BCUT2D eigenvalue weighted by Gasteiger charge is -2.30. The molecule has 13 heterocycles. The number of ketones is 4. The smallest absolute Gasteiger partial charge is 0.410 e. The second-order valence-electron chi connectivity index (χ2n) is 37.3. The number of hydrogen-bond acceptors (Lipinski definition) is 30. The summed E-state index contributed by atoms with van der Waals surface area (Å²) in [5.41, 5.74) is 15.0. The first-order valence-electron chi connectivity index (χ1n) is 45.4. The van der Waals surface area contributed by atoms with E-state index in [4.69, 9.17) is 46.7 Å². The summed E-state index contributed by atoms with van der Waals surface area (Å²) in [6, 6.07) is 11.6. The van der Waals surface area contributed by atoms with Gasteiger partial charge in [-0.05, 0) is 225 Å². The van der Waals surface area contributed by atoms with Gasteiger partial charge in [-0.1, -0.05) is 96.0 Å². The van der Waals surface area contributed by atoms with Gasteiger partial charge in [-0.25, -0.2) is 48.1 Å². The quantitative estimate of drug-likeness (QED) is 0.0292. The number of nitrogens with two attached hydrogens (primary N) is 1. The normalized spacial score (nSPS) is 16.0. The van der Waals surface area contributed by atoms with E-state index in [-0.39, 0.29) is 142 Å². The number of rotatable bonds is 14. The molecule has 0 bridgehead atoms. The minimum absolute atomic E-state index is 0. The third kappa shape index (κ3) is 23.3. The lowest BCUT2D eigenvalue weighted by molar-refractivity contribution is -0.160. The van der Waals surface area contributed by atoms with E-state index in [0.717, 1.165) is 180 Å². The van der Waals surface area contributed by atoms with Crippen molar-refractivity contribution in [2.75, 3.05) is 35.7 Å². The monoisotopic (exact) mass is 1910 g/mol. The average Bonchev–Trinajstić information content (AvgIpc) is 1.08. The summed E-state index contributed by atoms with van der Waals surface area (Å²) in [4.78, 5) is 176. The summed E-state index contributed by atoms with van der Waals surface area (Å²) < 4.78 is 41.1. The molecule has 1 atom stereocenters. The van der Waals surface area contributed by atoms with Gasteiger partial charge in [0.1, 0.15) is 50.6 Å². The molecule has 0 aromatic carbocycles. The molecule has 11 aromatic rings. The van der Waals surface area contributed by atoms with E-state index in [9.17, 15) is 56.4 Å². The van der Waals surface area contributed by atoms with Crippen LogP contribution in [0, 0.1) is 33.6 Å². The van der Waals surface area contributed by atoms with Crippen LogP contribution in [-0.4, -0.2) is 158 Å². The molecule has 18 rings (SSSR count). The Bertz CT molecular complexity index is 6820. The highest BCUT2D eigenvalue weighted by molar-refractivity contribution is 7.90. The number of esters is 1. The fourth-order valence-corrected chi connectivity index (χ4v) is 19.7. The summed E-state index contributed by atoms with van der Waals surface area (Å²) in [5.74, 6) is 0.991. The molecule has 36 nitrogen and oxygen atoms in total. The van der Waals surface area contributed by atoms with Crippen LogP contribution in [-0.2, 0) is 62.9 Å². The van der Waals surface area contributed by atoms with E-state index in [0.29, 0.717) is 110 Å². The molecule has 7 aliphatic rings. The van der Waals surface area contributed by atoms with Gasteiger partial charge in [0.2, 0.25) is 32.8 Å². The molecule has 0 radical (unpaired) electrons. The Morgan fingerprint density at radius 2 is 0.838 bits per heavy atom. The van der Waals surface area contributed by atoms with Gasteiger partial charge in [-0.15, -0.1) is 0 Å². The predicted octanol–water partition coefficient (Wildman–Crippen LogP) is 15.7. The van der Waals surface area contributed by atoms with Crippen LogP contribution in [0.5, 0.6) is 0 Å². The number of nitrogens with zero attached hydrogens (tertiary/aromatic N) is 16. The molecule has 4 fully saturated rings. The molecular formula is C98H128ClN21O15S. The Labute approximate surface area is 795 Å². The molecular weight excluding hydrogens is 1780 g/mol. The van der Waals surface area contributed by atoms with Crippen molar-refractivity contribution in [3.05, 3.63) is 186 Å². The number of hydrogen-bond donors (Lipinski definition) is 5. The molecule has 4 saturated carbocycles. The van der Waals surface area contributed by atoms with Crippen LogP contribution >= 0.6 is 11.6 Å². The number of amides is 1. The van der Waals surface area contributed by atoms with Gasteiger partial charge in [0, 0.05) is 126 Å². The lowest BCUT2D eigenvalue weighted by atomic mass is 9.86. The topological polar surface area (TPSA) is 517 Å². The van der Waals surface area contributed by atoms with Crippen molar-refractivity contribution in [2.24, 2.45) is 5.92 Å². The van der Waals surface area contributed by atoms with E-state index >= 15 is 0 Å². The van der Waals surface area contributed by atoms with Crippen molar-refractivity contribution in [3.8, 4) is 0 Å². The van der Waals surface area contributed by atoms with Crippen LogP contribution in [0.4, 0.5) is 34.3 Å². The van der Waals surface area contributed by atoms with Crippen LogP contribution in [0.3, 0.4) is 0 Å². The SMILES string of the molecule is C.C.CC(=O)c1c(C)c2cnc(N)nc2n(C2CCCC2)c1=O.CC(=O)c1c(C)c2cnc(Nc3ccc4c(n3)CCN(C(=O)OC(C)(C)C)C4)nc2n(C2CCCC2)c1=O.CC(=O)c1c(C)c2cnc(Nc3ccc4c(n3)CCNC4)nc2n(C2CCCC2)c1=O.CC(=O)c1c(C)c2cnc(S(C)(=O)=O)nc2n(C2CCCC2)c1=O.CC(C)(C)OC(=O)C1CCc2nc(Cl)ccc2C1.N.O. The van der Waals surface area contributed by atoms with Gasteiger partial charge in [-0.2, -0.15) is 19.9 Å². The first-order chi connectivity index (χ1) is 62.6. The van der Waals surface area contributed by atoms with Gasteiger partial charge >= 0.3 is 12.1 Å². The Hall–Kier alpha value is -12.5. The third-order valence-corrected chi connectivity index (χ3v) is 26.5. The number of nitrogens with one attached hydrogen (secondary N) is 3. The van der Waals surface area contributed by atoms with Crippen molar-refractivity contribution in [2.45, 2.75) is 300 Å². The zero-order valence-electron chi connectivity index (χ0n) is 78.8. The summed E-state index contributed by atoms with van der Waals surface area (Å²) in [5, 5.41) is 12.7. The van der Waals surface area contributed by atoms with Crippen LogP contribution in [0.2, 0.25) is 5.15 Å². The van der Waals surface area contributed by atoms with Crippen molar-refractivity contribution in [1.29, 1.82) is 0 Å². The minimum atomic E-state index is -3.59. The molecule has 1 unspecified atom stereocenters. The first kappa shape index (κ1) is 106. The number of fused-ring (bicyclic) bond motifs is 7. The largest absolute Gasteiger partial charge is 0.460 e. The molecule has 728 valence electrons. The number of pyridine rings is 7. The van der Waals surface area contributed by atoms with Gasteiger partial charge in [0.15, 0.2) is 23.1 Å². The Balaban J connectivity index is 0.000000179. The molecule has 2 aliphatic heterocycles. The van der Waals surface area contributed by atoms with Gasteiger partial charge in [0.05, 0.1) is 34.7 Å². The summed E-state index contributed by atoms with van der Waals surface area (Å²) in [7, 11) is -3.59. The predicted molar refractivity (Wildman–Crippen MR) is 525 cm³/mol. The zero-order valence-corrected chi connectivity index (χ0v) is 80.4. The molecule has 11 aromatic heterocycles. The van der Waals surface area contributed by atoms with E-state index in [1.54, 1.807) is 71.0 Å². The summed E-state index contributed by atoms with van der Waals surface area (Å²) in [6.07, 6.45) is 26.3. The number of aromatic nitrogens is 15. The highest BCUT2D eigenvalue weighted by atomic mass is 35.5. The van der Waals surface area contributed by atoms with Crippen LogP contribution in [0.25, 0.3) is 44.1 Å². The van der Waals surface area contributed by atoms with Crippen LogP contribution in [0.15, 0.2) is 85.5 Å². The van der Waals surface area contributed by atoms with Crippen molar-refractivity contribution in [3.63, 3.8) is 0 Å². The number of aryl methyl sites for hydroxylation is 5. The van der Waals surface area contributed by atoms with E-state index < -0.39 is 26.6 Å². The molecule has 1 amide bonds. The second-order valence-corrected chi connectivity index (χ2v) is 39.6. The maximum Gasteiger partial charge on any atom is 0.410 e. The molecule has 0 spiro atoms. The number of halogens is 1. The summed E-state index contributed by atoms with van der Waals surface area (Å²) >= 11 is 5.86. The first-order valence-corrected chi connectivity index (χ1v) is 47.6. The number of anilines is 5. The number of carbonyl (C=O) groups is 6. The Kier molecular flexibility index (Phi) is 33.9. The fourth-order valence-electron chi connectivity index (χ4n) is 19.1. The highest BCUT2D eigenvalue weighted by Crippen LogP contribution is 2.38. The number of nitrogen functional groups attached to an aromatic ring is 1. The fraction of sp³-hybridized carbons (Fsp3) is 0.500. The Morgan fingerprint density at radius 3 is 1.24 bits per heavy atom. The standard InChI is InChI=1S/C28H34N6O4.C23H26N6O2.C16H19N3O4S.C15H18N4O2.C14H18ClNO2.2CH4.H3N.H2O/c1-16-20-14-29-26(32-24(20)34(19-8-6-7-9-19)25(36)23(16)17(2)35)31-22-11-10-18-15-33(13-12-21(18)30-22)27(37)38-28(3,4)5;1-13-17-12-25-23(27-19-8-7-15-11-24-10-9-18(15)26-19)28-21(17)29(16-5-3-4-6-16)22(31)20(13)14(2)30;1-9-12-8-17-16(24(3,22)23)18-14(12)19(11-6-4-5-7-11)15(21)13(9)10(2)20;1-8-11-7-17-15(16)18-13(11)19(10-5-3-4-6-10)14(21)12(8)9(2)20;1-14(2,3)18-13(17)10-4-6-11-9(8-10)5-7-12(15)16-11;;;;/h10-11,14,19H,6-9,12-13,15H2,1-5H3,(H,29,30,31,32);7-8,12,16,24H,3-6,9-11H2,1-2H3,(H,25,26,27,28);8,11H,4-7H2,1-3H3;7,10H,3-6H2,1-2H3,(H2,16,17,18);5,7,10H,4,6,8H2,1-3H3;2*1H4;1H3;1H2. The maximum absolute atomic E-state index is 13.4. The highest BCUT2D eigenvalue weighted by Gasteiger charge is 2.35. The molecule has 10 N–H and O–H groups in total. The zero-order chi connectivity index (χ0) is 94.9. The molecule has 38 heteroatoms. The number of ether oxygens (including phenoxy) is 2. The second kappa shape index (κ2) is 43.7. The van der Waals surface area contributed by atoms with Crippen LogP contribution in [0.1, 0.15) is 315 Å². The maximum atomic E-state index is 13.4. The molecule has 0 saturated heterocycles. The number of Topliss-reactive ketones (excluding diaryl/α,β-unsaturated/α-hetero) is 4. The van der Waals surface area contributed by atoms with E-state index in [1.165, 1.54) is 44.0 Å². The molecule has 5 aliphatic carbocycles. The molecule has 136 heavy (non-hydrogen) atoms. The average molecular weight is 1910 g/mol. The van der Waals surface area contributed by atoms with Crippen molar-refractivity contribution in [1.82, 2.24) is 89.5 Å². The number of sulfone groups is 1. The van der Waals surface area contributed by atoms with Gasteiger partial charge in [0.25, 0.3) is 22.2 Å². The van der Waals surface area contributed by atoms with Crippen LogP contribution < -0.4 is 50.1 Å². The van der Waals surface area contributed by atoms with Gasteiger partial charge in [-0.3, -0.25) is 61.4 Å². The van der Waals surface area contributed by atoms with Crippen molar-refractivity contribution >= 4 is 130 Å². The van der Waals surface area contributed by atoms with E-state index in [1.807, 2.05) is 65.8 Å². The van der Waals surface area contributed by atoms with E-state index in [2.05, 4.69) is 56.9 Å².